The minimum atomic E-state index is -0.319. The molecule has 5 aromatic rings. The molecule has 9 nitrogen and oxygen atoms in total. The molecule has 0 bridgehead atoms. The van der Waals surface area contributed by atoms with Gasteiger partial charge in [0.25, 0.3) is 0 Å². The van der Waals surface area contributed by atoms with Crippen LogP contribution in [0.25, 0.3) is 44.2 Å². The van der Waals surface area contributed by atoms with E-state index in [1.165, 1.54) is 77.1 Å². The number of carbonyl (C=O) groups excluding carboxylic acids is 1. The third kappa shape index (κ3) is 12.3. The number of fused-ring (bicyclic) bond motifs is 2. The molecule has 2 atom stereocenters. The molecule has 2 unspecified atom stereocenters. The van der Waals surface area contributed by atoms with Crippen molar-refractivity contribution < 1.29 is 23.4 Å². The van der Waals surface area contributed by atoms with E-state index in [0.29, 0.717) is 23.9 Å². The van der Waals surface area contributed by atoms with Crippen LogP contribution in [-0.4, -0.2) is 68.3 Å². The van der Waals surface area contributed by atoms with Gasteiger partial charge in [-0.15, -0.1) is 0 Å². The Morgan fingerprint density at radius 2 is 1.24 bits per heavy atom. The largest absolute Gasteiger partial charge is 0.493 e. The van der Waals surface area contributed by atoms with Crippen molar-refractivity contribution in [3.63, 3.8) is 0 Å². The number of anilines is 1. The molecule has 4 aliphatic rings. The van der Waals surface area contributed by atoms with E-state index >= 15 is 0 Å². The molecule has 0 N–H and O–H groups in total. The van der Waals surface area contributed by atoms with Crippen molar-refractivity contribution in [1.29, 1.82) is 0 Å². The second-order valence-electron chi connectivity index (χ2n) is 21.5. The lowest BCUT2D eigenvalue weighted by Gasteiger charge is -2.34. The minimum Gasteiger partial charge on any atom is -0.493 e. The summed E-state index contributed by atoms with van der Waals surface area (Å²) in [6, 6.07) is 36.8. The zero-order valence-corrected chi connectivity index (χ0v) is 47.1. The van der Waals surface area contributed by atoms with Gasteiger partial charge >= 0.3 is 5.97 Å². The normalized spacial score (nSPS) is 14.3. The molecule has 9 rings (SSSR count). The topological polar surface area (TPSA) is 70.6 Å². The molecule has 0 radical (unpaired) electrons. The number of benzene rings is 6. The molecule has 1 aliphatic carbocycles. The monoisotopic (exact) mass is 1030 g/mol. The Labute approximate surface area is 453 Å². The molecule has 0 saturated carbocycles. The summed E-state index contributed by atoms with van der Waals surface area (Å²) in [5, 5.41) is 4.91. The van der Waals surface area contributed by atoms with E-state index in [0.717, 1.165) is 141 Å². The van der Waals surface area contributed by atoms with Crippen molar-refractivity contribution in [3.8, 4) is 33.9 Å². The SMILES string of the molecule is CCCCC(CC)COc1cc(CN2Cc3ccc4c5c(ccc(c35)C2)CN(CCOC(=O)c2ccccc2-c2c3ccc(=[N+](CC)CC)cc-3oc3cc(N(CC)CC)ccc23)C4)cc(OCC(CC)CCCC)c1. The summed E-state index contributed by atoms with van der Waals surface area (Å²) in [5.74, 6) is 3.43. The molecule has 0 spiro atoms. The van der Waals surface area contributed by atoms with Crippen LogP contribution in [0.2, 0.25) is 0 Å². The number of ether oxygens (including phenoxy) is 3. The summed E-state index contributed by atoms with van der Waals surface area (Å²) >= 11 is 0. The molecule has 0 saturated heterocycles. The van der Waals surface area contributed by atoms with Gasteiger partial charge in [0.05, 0.1) is 24.8 Å². The van der Waals surface area contributed by atoms with Gasteiger partial charge in [0.1, 0.15) is 42.5 Å². The Morgan fingerprint density at radius 1 is 0.645 bits per heavy atom. The lowest BCUT2D eigenvalue weighted by molar-refractivity contribution is 0.0453. The molecule has 3 heterocycles. The van der Waals surface area contributed by atoms with Crippen LogP contribution >= 0.6 is 0 Å². The number of nitrogens with zero attached hydrogens (tertiary/aromatic N) is 4. The van der Waals surface area contributed by atoms with Gasteiger partial charge in [-0.25, -0.2) is 9.37 Å². The molecule has 76 heavy (non-hydrogen) atoms. The van der Waals surface area contributed by atoms with Gasteiger partial charge in [-0.1, -0.05) is 109 Å². The van der Waals surface area contributed by atoms with Crippen molar-refractivity contribution >= 4 is 33.4 Å². The third-order valence-corrected chi connectivity index (χ3v) is 16.5. The molecular formula is C67H85N4O5+. The average molecular weight is 1030 g/mol. The van der Waals surface area contributed by atoms with Gasteiger partial charge < -0.3 is 23.5 Å². The number of unbranched alkanes of at least 4 members (excludes halogenated alkanes) is 2. The highest BCUT2D eigenvalue weighted by molar-refractivity contribution is 6.08. The highest BCUT2D eigenvalue weighted by Gasteiger charge is 2.28. The van der Waals surface area contributed by atoms with Gasteiger partial charge in [-0.3, -0.25) is 9.80 Å². The van der Waals surface area contributed by atoms with Crippen molar-refractivity contribution in [2.75, 3.05) is 57.4 Å². The first-order valence-electron chi connectivity index (χ1n) is 29.2. The summed E-state index contributed by atoms with van der Waals surface area (Å²) in [6.07, 6.45) is 9.58. The Kier molecular flexibility index (Phi) is 18.5. The minimum absolute atomic E-state index is 0.290. The van der Waals surface area contributed by atoms with Crippen molar-refractivity contribution in [3.05, 3.63) is 142 Å². The molecule has 9 heteroatoms. The summed E-state index contributed by atoms with van der Waals surface area (Å²) in [6.45, 7) is 28.0. The summed E-state index contributed by atoms with van der Waals surface area (Å²) in [4.78, 5) is 21.7. The first-order chi connectivity index (χ1) is 37.2. The second-order valence-corrected chi connectivity index (χ2v) is 21.5. The fourth-order valence-electron chi connectivity index (χ4n) is 12.0. The van der Waals surface area contributed by atoms with Crippen LogP contribution in [0, 0.1) is 11.8 Å². The number of carbonyl (C=O) groups is 1. The van der Waals surface area contributed by atoms with Gasteiger partial charge in [0.15, 0.2) is 0 Å². The summed E-state index contributed by atoms with van der Waals surface area (Å²) < 4.78 is 28.5. The van der Waals surface area contributed by atoms with E-state index in [1.54, 1.807) is 0 Å². The first-order valence-corrected chi connectivity index (χ1v) is 29.2. The second kappa shape index (κ2) is 25.8. The molecule has 5 aromatic carbocycles. The summed E-state index contributed by atoms with van der Waals surface area (Å²) in [7, 11) is 0. The van der Waals surface area contributed by atoms with Crippen molar-refractivity contribution in [1.82, 2.24) is 14.4 Å². The molecule has 0 fully saturated rings. The van der Waals surface area contributed by atoms with Crippen LogP contribution in [0.3, 0.4) is 0 Å². The fourth-order valence-corrected chi connectivity index (χ4v) is 12.0. The summed E-state index contributed by atoms with van der Waals surface area (Å²) in [5.41, 5.74) is 11.9. The van der Waals surface area contributed by atoms with Crippen LogP contribution in [-0.2, 0) is 37.5 Å². The maximum absolute atomic E-state index is 14.3. The standard InChI is InChI=1S/C67H85N4O5/c1-9-17-21-47(11-3)45-74-56-35-49(36-57(39-56)75-46-48(12-4)22-18-10-2)40-69-43-52-27-25-50-41-68(42-51-26-28-53(44-69)65(52)64(50)51)33-34-73-67(72)59-24-20-19-23-58(59)66-60-31-29-54(70(13-5)14-6)37-62(60)76-63-38-55(30-32-61(63)66)71(15-7)16-8/h19-20,23-32,35-39,47-48H,9-18,21-22,33-34,40-46H2,1-8H3/q+1. The number of hydrogen-bond acceptors (Lipinski definition) is 8. The maximum atomic E-state index is 14.3. The third-order valence-electron chi connectivity index (χ3n) is 16.5. The molecule has 3 aliphatic heterocycles. The molecule has 402 valence electrons. The smallest absolute Gasteiger partial charge is 0.338 e. The Hall–Kier alpha value is -6.16. The van der Waals surface area contributed by atoms with Gasteiger partial charge in [0.2, 0.25) is 5.36 Å². The molecule has 0 aromatic heterocycles. The van der Waals surface area contributed by atoms with Crippen molar-refractivity contribution in [2.24, 2.45) is 11.8 Å². The quantitative estimate of drug-likeness (QED) is 0.0302. The maximum Gasteiger partial charge on any atom is 0.338 e. The van der Waals surface area contributed by atoms with Gasteiger partial charge in [-0.2, -0.15) is 0 Å². The van der Waals surface area contributed by atoms with E-state index in [9.17, 15) is 4.79 Å². The average Bonchev–Trinajstić information content (AvgIpc) is 3.46. The van der Waals surface area contributed by atoms with Crippen LogP contribution < -0.4 is 24.3 Å². The van der Waals surface area contributed by atoms with Gasteiger partial charge in [0, 0.05) is 92.8 Å². The fraction of sp³-hybridized carbons (Fsp3) is 0.463. The van der Waals surface area contributed by atoms with Crippen LogP contribution in [0.1, 0.15) is 145 Å². The highest BCUT2D eigenvalue weighted by atomic mass is 16.5. The number of hydrogen-bond donors (Lipinski definition) is 0. The Morgan fingerprint density at radius 3 is 1.80 bits per heavy atom. The number of rotatable bonds is 26. The van der Waals surface area contributed by atoms with Crippen LogP contribution in [0.15, 0.2) is 108 Å². The molecular weight excluding hydrogens is 941 g/mol. The predicted molar refractivity (Wildman–Crippen MR) is 314 cm³/mol. The Balaban J connectivity index is 0.895. The number of esters is 1. The zero-order chi connectivity index (χ0) is 53.1. The highest BCUT2D eigenvalue weighted by Crippen LogP contribution is 2.43. The van der Waals surface area contributed by atoms with E-state index in [-0.39, 0.29) is 12.6 Å². The van der Waals surface area contributed by atoms with E-state index in [1.807, 2.05) is 18.2 Å². The molecule has 0 amide bonds. The Bertz CT molecular complexity index is 3040. The zero-order valence-electron chi connectivity index (χ0n) is 47.1. The van der Waals surface area contributed by atoms with Crippen LogP contribution in [0.5, 0.6) is 11.5 Å². The van der Waals surface area contributed by atoms with E-state index in [2.05, 4.69) is 160 Å². The van der Waals surface area contributed by atoms with Gasteiger partial charge in [-0.05, 0) is 133 Å². The predicted octanol–water partition coefficient (Wildman–Crippen LogP) is 14.9. The first kappa shape index (κ1) is 54.6. The van der Waals surface area contributed by atoms with E-state index in [4.69, 9.17) is 18.6 Å². The lowest BCUT2D eigenvalue weighted by atomic mass is 9.87. The lowest BCUT2D eigenvalue weighted by Crippen LogP contribution is -2.32. The van der Waals surface area contributed by atoms with Crippen molar-refractivity contribution in [2.45, 2.75) is 139 Å². The van der Waals surface area contributed by atoms with Crippen LogP contribution in [0.4, 0.5) is 5.69 Å². The van der Waals surface area contributed by atoms with E-state index < -0.39 is 0 Å².